The van der Waals surface area contributed by atoms with Gasteiger partial charge in [-0.3, -0.25) is 0 Å². The molecule has 8 heteroatoms. The molecule has 3 rings (SSSR count). The summed E-state index contributed by atoms with van der Waals surface area (Å²) in [6, 6.07) is 2.43. The van der Waals surface area contributed by atoms with Gasteiger partial charge in [0, 0.05) is 24.7 Å². The Bertz CT molecular complexity index is 638. The van der Waals surface area contributed by atoms with Gasteiger partial charge in [-0.2, -0.15) is 0 Å². The number of aliphatic hydroxyl groups is 1. The van der Waals surface area contributed by atoms with Crippen molar-refractivity contribution in [1.82, 2.24) is 14.9 Å². The van der Waals surface area contributed by atoms with E-state index in [1.807, 2.05) is 4.57 Å². The third-order valence-electron chi connectivity index (χ3n) is 4.12. The minimum Gasteiger partial charge on any atom is -0.392 e. The Morgan fingerprint density at radius 3 is 2.74 bits per heavy atom. The summed E-state index contributed by atoms with van der Waals surface area (Å²) in [6.07, 6.45) is 4.87. The Balaban J connectivity index is 0.00000132. The molecule has 1 saturated heterocycles. The monoisotopic (exact) mass is 367 g/mol. The number of rotatable bonds is 4. The van der Waals surface area contributed by atoms with E-state index in [9.17, 15) is 13.9 Å². The average molecular weight is 368 g/mol. The van der Waals surface area contributed by atoms with Crippen LogP contribution in [0.1, 0.15) is 25.7 Å². The second-order valence-corrected chi connectivity index (χ2v) is 5.61. The van der Waals surface area contributed by atoms with Crippen LogP contribution in [0.4, 0.5) is 8.78 Å². The molecule has 23 heavy (non-hydrogen) atoms. The van der Waals surface area contributed by atoms with Gasteiger partial charge in [-0.25, -0.2) is 13.8 Å². The van der Waals surface area contributed by atoms with Gasteiger partial charge in [0.25, 0.3) is 0 Å². The molecule has 0 aliphatic carbocycles. The summed E-state index contributed by atoms with van der Waals surface area (Å²) in [5, 5.41) is 13.2. The number of hydrogen-bond acceptors (Lipinski definition) is 3. The lowest BCUT2D eigenvalue weighted by molar-refractivity contribution is 0.0909. The van der Waals surface area contributed by atoms with Gasteiger partial charge < -0.3 is 15.0 Å². The average Bonchev–Trinajstić information content (AvgIpc) is 2.84. The number of nitrogens with zero attached hydrogens (tertiary/aromatic N) is 2. The standard InChI is InChI=1S/C15H19F2N3O.2ClH/c16-10-7-13-14(8-11(10)17)20(9-19-13)6-2-3-12-15(21)4-1-5-18-12;;/h7-9,12,15,18,21H,1-6H2;2*1H/t12-,15+;;/m1../s1. The molecule has 2 N–H and O–H groups in total. The van der Waals surface area contributed by atoms with E-state index < -0.39 is 11.6 Å². The summed E-state index contributed by atoms with van der Waals surface area (Å²) in [4.78, 5) is 4.09. The largest absolute Gasteiger partial charge is 0.392 e. The van der Waals surface area contributed by atoms with E-state index >= 15 is 0 Å². The van der Waals surface area contributed by atoms with Crippen LogP contribution < -0.4 is 5.32 Å². The van der Waals surface area contributed by atoms with Crippen LogP contribution in [0.15, 0.2) is 18.5 Å². The number of fused-ring (bicyclic) bond motifs is 1. The van der Waals surface area contributed by atoms with Gasteiger partial charge in [-0.05, 0) is 32.2 Å². The van der Waals surface area contributed by atoms with Gasteiger partial charge in [0.05, 0.1) is 23.5 Å². The number of piperidine rings is 1. The molecule has 0 spiro atoms. The molecule has 1 fully saturated rings. The molecule has 0 unspecified atom stereocenters. The maximum atomic E-state index is 13.3. The van der Waals surface area contributed by atoms with Crippen molar-refractivity contribution in [2.24, 2.45) is 0 Å². The van der Waals surface area contributed by atoms with Crippen molar-refractivity contribution in [3.63, 3.8) is 0 Å². The molecular formula is C15H21Cl2F2N3O. The van der Waals surface area contributed by atoms with Crippen molar-refractivity contribution in [3.05, 3.63) is 30.1 Å². The highest BCUT2D eigenvalue weighted by Crippen LogP contribution is 2.19. The predicted octanol–water partition coefficient (Wildman–Crippen LogP) is 3.05. The minimum atomic E-state index is -0.873. The van der Waals surface area contributed by atoms with Crippen LogP contribution >= 0.6 is 24.8 Å². The van der Waals surface area contributed by atoms with E-state index in [0.717, 1.165) is 38.3 Å². The lowest BCUT2D eigenvalue weighted by Crippen LogP contribution is -2.44. The molecule has 0 saturated carbocycles. The zero-order valence-corrected chi connectivity index (χ0v) is 14.2. The van der Waals surface area contributed by atoms with Gasteiger partial charge in [0.2, 0.25) is 0 Å². The van der Waals surface area contributed by atoms with Crippen molar-refractivity contribution in [3.8, 4) is 0 Å². The number of halogens is 4. The molecule has 4 nitrogen and oxygen atoms in total. The maximum Gasteiger partial charge on any atom is 0.161 e. The normalized spacial score (nSPS) is 20.8. The molecular weight excluding hydrogens is 347 g/mol. The fourth-order valence-electron chi connectivity index (χ4n) is 2.94. The van der Waals surface area contributed by atoms with Crippen molar-refractivity contribution in [1.29, 1.82) is 0 Å². The van der Waals surface area contributed by atoms with E-state index in [0.29, 0.717) is 17.6 Å². The van der Waals surface area contributed by atoms with Gasteiger partial charge >= 0.3 is 0 Å². The quantitative estimate of drug-likeness (QED) is 0.872. The van der Waals surface area contributed by atoms with E-state index in [1.165, 1.54) is 6.07 Å². The van der Waals surface area contributed by atoms with Crippen LogP contribution in [0.3, 0.4) is 0 Å². The highest BCUT2D eigenvalue weighted by atomic mass is 35.5. The predicted molar refractivity (Wildman–Crippen MR) is 90.4 cm³/mol. The molecule has 0 bridgehead atoms. The van der Waals surface area contributed by atoms with Crippen molar-refractivity contribution < 1.29 is 13.9 Å². The minimum absolute atomic E-state index is 0. The van der Waals surface area contributed by atoms with Crippen LogP contribution in [0.2, 0.25) is 0 Å². The molecule has 2 heterocycles. The first-order valence-corrected chi connectivity index (χ1v) is 7.36. The molecule has 1 aliphatic rings. The second kappa shape index (κ2) is 8.78. The van der Waals surface area contributed by atoms with Crippen LogP contribution in [-0.2, 0) is 6.54 Å². The molecule has 1 aromatic heterocycles. The summed E-state index contributed by atoms with van der Waals surface area (Å²) < 4.78 is 28.3. The van der Waals surface area contributed by atoms with E-state index in [2.05, 4.69) is 10.3 Å². The summed E-state index contributed by atoms with van der Waals surface area (Å²) in [6.45, 7) is 1.62. The van der Waals surface area contributed by atoms with Crippen LogP contribution in [-0.4, -0.2) is 33.3 Å². The van der Waals surface area contributed by atoms with Gasteiger partial charge in [-0.15, -0.1) is 24.8 Å². The fraction of sp³-hybridized carbons (Fsp3) is 0.533. The maximum absolute atomic E-state index is 13.3. The molecule has 1 aliphatic heterocycles. The number of nitrogens with one attached hydrogen (secondary N) is 1. The van der Waals surface area contributed by atoms with Crippen LogP contribution in [0, 0.1) is 11.6 Å². The molecule has 2 aromatic rings. The van der Waals surface area contributed by atoms with Gasteiger partial charge in [0.1, 0.15) is 0 Å². The third-order valence-corrected chi connectivity index (χ3v) is 4.12. The summed E-state index contributed by atoms with van der Waals surface area (Å²) in [7, 11) is 0. The lowest BCUT2D eigenvalue weighted by Gasteiger charge is -2.29. The Morgan fingerprint density at radius 2 is 2.00 bits per heavy atom. The Hall–Kier alpha value is -0.950. The smallest absolute Gasteiger partial charge is 0.161 e. The first kappa shape index (κ1) is 20.1. The number of imidazole rings is 1. The second-order valence-electron chi connectivity index (χ2n) is 5.61. The number of aliphatic hydroxyl groups excluding tert-OH is 1. The number of hydrogen-bond donors (Lipinski definition) is 2. The van der Waals surface area contributed by atoms with Crippen LogP contribution in [0.5, 0.6) is 0 Å². The topological polar surface area (TPSA) is 50.1 Å². The highest BCUT2D eigenvalue weighted by Gasteiger charge is 2.21. The first-order valence-electron chi connectivity index (χ1n) is 7.36. The zero-order valence-electron chi connectivity index (χ0n) is 12.5. The third kappa shape index (κ3) is 4.53. The van der Waals surface area contributed by atoms with Gasteiger partial charge in [0.15, 0.2) is 11.6 Å². The van der Waals surface area contributed by atoms with Crippen molar-refractivity contribution in [2.75, 3.05) is 6.54 Å². The van der Waals surface area contributed by atoms with E-state index in [1.54, 1.807) is 6.33 Å². The van der Waals surface area contributed by atoms with Crippen LogP contribution in [0.25, 0.3) is 11.0 Å². The number of aromatic nitrogens is 2. The SMILES string of the molecule is Cl.Cl.O[C@H]1CCCN[C@@H]1CCCn1cnc2cc(F)c(F)cc21. The number of aryl methyl sites for hydroxylation is 1. The molecule has 1 aromatic carbocycles. The summed E-state index contributed by atoms with van der Waals surface area (Å²) in [5.41, 5.74) is 1.07. The van der Waals surface area contributed by atoms with Gasteiger partial charge in [-0.1, -0.05) is 0 Å². The van der Waals surface area contributed by atoms with Crippen molar-refractivity contribution in [2.45, 2.75) is 44.4 Å². The number of benzene rings is 1. The highest BCUT2D eigenvalue weighted by molar-refractivity contribution is 5.85. The Kier molecular flexibility index (Phi) is 7.67. The lowest BCUT2D eigenvalue weighted by atomic mass is 9.97. The Morgan fingerprint density at radius 1 is 1.26 bits per heavy atom. The Labute approximate surface area is 146 Å². The molecule has 130 valence electrons. The zero-order chi connectivity index (χ0) is 14.8. The summed E-state index contributed by atoms with van der Waals surface area (Å²) >= 11 is 0. The van der Waals surface area contributed by atoms with Crippen molar-refractivity contribution >= 4 is 35.8 Å². The summed E-state index contributed by atoms with van der Waals surface area (Å²) in [5.74, 6) is -1.73. The molecule has 0 amide bonds. The van der Waals surface area contributed by atoms with E-state index in [4.69, 9.17) is 0 Å². The first-order chi connectivity index (χ1) is 10.1. The molecule has 2 atom stereocenters. The van der Waals surface area contributed by atoms with E-state index in [-0.39, 0.29) is 37.0 Å². The fourth-order valence-corrected chi connectivity index (χ4v) is 2.94. The molecule has 0 radical (unpaired) electrons.